The van der Waals surface area contributed by atoms with E-state index in [0.717, 1.165) is 12.0 Å². The minimum atomic E-state index is -0.416. The maximum atomic E-state index is 12.3. The Bertz CT molecular complexity index is 724. The summed E-state index contributed by atoms with van der Waals surface area (Å²) in [6.45, 7) is 6.71. The number of rotatable bonds is 6. The molecule has 0 fully saturated rings. The summed E-state index contributed by atoms with van der Waals surface area (Å²) in [7, 11) is 0. The summed E-state index contributed by atoms with van der Waals surface area (Å²) in [5, 5.41) is 0. The highest BCUT2D eigenvalue weighted by Crippen LogP contribution is 2.18. The highest BCUT2D eigenvalue weighted by Gasteiger charge is 2.13. The van der Waals surface area contributed by atoms with Crippen molar-refractivity contribution in [2.75, 3.05) is 6.61 Å². The predicted octanol–water partition coefficient (Wildman–Crippen LogP) is 3.49. The number of benzene rings is 2. The molecule has 0 aromatic heterocycles. The Balaban J connectivity index is 1.96. The highest BCUT2D eigenvalue weighted by molar-refractivity contribution is 6.00. The van der Waals surface area contributed by atoms with Crippen LogP contribution in [-0.4, -0.2) is 18.4 Å². The second-order valence-corrected chi connectivity index (χ2v) is 6.30. The van der Waals surface area contributed by atoms with E-state index in [-0.39, 0.29) is 5.91 Å². The largest absolute Gasteiger partial charge is 0.493 e. The van der Waals surface area contributed by atoms with E-state index in [1.165, 1.54) is 0 Å². The molecule has 0 unspecified atom stereocenters. The Morgan fingerprint density at radius 3 is 2.28 bits per heavy atom. The number of carbonyl (C=O) groups is 2. The van der Waals surface area contributed by atoms with Crippen molar-refractivity contribution in [1.29, 1.82) is 0 Å². The van der Waals surface area contributed by atoms with Gasteiger partial charge in [-0.25, -0.2) is 0 Å². The summed E-state index contributed by atoms with van der Waals surface area (Å²) in [6.07, 6.45) is 0.903. The Kier molecular flexibility index (Phi) is 6.57. The molecule has 0 atom stereocenters. The molecule has 0 saturated carbocycles. The zero-order valence-electron chi connectivity index (χ0n) is 14.8. The maximum Gasteiger partial charge on any atom is 0.273 e. The van der Waals surface area contributed by atoms with Crippen LogP contribution in [0.3, 0.4) is 0 Å². The molecule has 2 amide bonds. The fourth-order valence-corrected chi connectivity index (χ4v) is 2.14. The summed E-state index contributed by atoms with van der Waals surface area (Å²) in [6, 6.07) is 14.1. The zero-order valence-corrected chi connectivity index (χ0v) is 14.8. The summed E-state index contributed by atoms with van der Waals surface area (Å²) in [4.78, 5) is 24.4. The van der Waals surface area contributed by atoms with E-state index in [2.05, 4.69) is 24.7 Å². The second kappa shape index (κ2) is 8.87. The number of ether oxygens (including phenoxy) is 1. The number of hydrogen-bond donors (Lipinski definition) is 2. The van der Waals surface area contributed by atoms with E-state index in [4.69, 9.17) is 4.74 Å². The van der Waals surface area contributed by atoms with Crippen molar-refractivity contribution in [1.82, 2.24) is 10.9 Å². The van der Waals surface area contributed by atoms with E-state index in [1.54, 1.807) is 30.3 Å². The fourth-order valence-electron chi connectivity index (χ4n) is 2.14. The molecule has 0 aliphatic rings. The minimum absolute atomic E-state index is 0.369. The van der Waals surface area contributed by atoms with E-state index >= 15 is 0 Å². The number of aryl methyl sites for hydroxylation is 1. The van der Waals surface area contributed by atoms with Crippen LogP contribution < -0.4 is 15.6 Å². The molecule has 0 bridgehead atoms. The van der Waals surface area contributed by atoms with Gasteiger partial charge in [-0.2, -0.15) is 0 Å². The first-order valence-electron chi connectivity index (χ1n) is 8.36. The van der Waals surface area contributed by atoms with Gasteiger partial charge in [0.2, 0.25) is 0 Å². The number of amides is 2. The molecule has 2 rings (SSSR count). The Morgan fingerprint density at radius 1 is 0.960 bits per heavy atom. The lowest BCUT2D eigenvalue weighted by atomic mass is 10.1. The zero-order chi connectivity index (χ0) is 18.2. The minimum Gasteiger partial charge on any atom is -0.493 e. The van der Waals surface area contributed by atoms with Crippen LogP contribution in [-0.2, 0) is 0 Å². The molecule has 2 N–H and O–H groups in total. The SMILES string of the molecule is Cc1ccc(C(=O)NNC(=O)c2ccccc2OCCC(C)C)cc1. The molecular formula is C20H24N2O3. The maximum absolute atomic E-state index is 12.3. The van der Waals surface area contributed by atoms with Crippen LogP contribution in [0.5, 0.6) is 5.75 Å². The van der Waals surface area contributed by atoms with Gasteiger partial charge in [0.15, 0.2) is 0 Å². The molecule has 2 aromatic rings. The van der Waals surface area contributed by atoms with Crippen molar-refractivity contribution in [3.63, 3.8) is 0 Å². The average molecular weight is 340 g/mol. The number of carbonyl (C=O) groups excluding carboxylic acids is 2. The van der Waals surface area contributed by atoms with E-state index in [9.17, 15) is 9.59 Å². The third kappa shape index (κ3) is 5.64. The second-order valence-electron chi connectivity index (χ2n) is 6.30. The molecular weight excluding hydrogens is 316 g/mol. The van der Waals surface area contributed by atoms with Crippen LogP contribution >= 0.6 is 0 Å². The summed E-state index contributed by atoms with van der Waals surface area (Å²) < 4.78 is 5.70. The molecule has 2 aromatic carbocycles. The van der Waals surface area contributed by atoms with Crippen molar-refractivity contribution in [3.8, 4) is 5.75 Å². The van der Waals surface area contributed by atoms with Crippen LogP contribution in [0.4, 0.5) is 0 Å². The van der Waals surface area contributed by atoms with Crippen molar-refractivity contribution >= 4 is 11.8 Å². The van der Waals surface area contributed by atoms with Crippen molar-refractivity contribution in [2.45, 2.75) is 27.2 Å². The van der Waals surface area contributed by atoms with Gasteiger partial charge < -0.3 is 4.74 Å². The lowest BCUT2D eigenvalue weighted by molar-refractivity contribution is 0.0844. The van der Waals surface area contributed by atoms with Gasteiger partial charge in [-0.1, -0.05) is 43.7 Å². The van der Waals surface area contributed by atoms with Crippen LogP contribution in [0, 0.1) is 12.8 Å². The number of hydrazine groups is 1. The van der Waals surface area contributed by atoms with Gasteiger partial charge in [0, 0.05) is 5.56 Å². The van der Waals surface area contributed by atoms with Gasteiger partial charge in [0.25, 0.3) is 11.8 Å². The van der Waals surface area contributed by atoms with Crippen LogP contribution in [0.25, 0.3) is 0 Å². The van der Waals surface area contributed by atoms with Gasteiger partial charge in [0.05, 0.1) is 12.2 Å². The molecule has 0 heterocycles. The van der Waals surface area contributed by atoms with Crippen molar-refractivity contribution in [3.05, 3.63) is 65.2 Å². The lowest BCUT2D eigenvalue weighted by Crippen LogP contribution is -2.41. The smallest absolute Gasteiger partial charge is 0.273 e. The van der Waals surface area contributed by atoms with E-state index in [1.807, 2.05) is 25.1 Å². The molecule has 0 saturated heterocycles. The number of para-hydroxylation sites is 1. The molecule has 5 heteroatoms. The Labute approximate surface area is 148 Å². The molecule has 132 valence electrons. The molecule has 0 aliphatic carbocycles. The Hall–Kier alpha value is -2.82. The summed E-state index contributed by atoms with van der Waals surface area (Å²) >= 11 is 0. The third-order valence-electron chi connectivity index (χ3n) is 3.69. The molecule has 5 nitrogen and oxygen atoms in total. The average Bonchev–Trinajstić information content (AvgIpc) is 2.60. The third-order valence-corrected chi connectivity index (χ3v) is 3.69. The fraction of sp³-hybridized carbons (Fsp3) is 0.300. The van der Waals surface area contributed by atoms with Gasteiger partial charge in [-0.05, 0) is 43.5 Å². The molecule has 25 heavy (non-hydrogen) atoms. The lowest BCUT2D eigenvalue weighted by Gasteiger charge is -2.13. The van der Waals surface area contributed by atoms with Crippen molar-refractivity contribution < 1.29 is 14.3 Å². The van der Waals surface area contributed by atoms with Gasteiger partial charge in [-0.15, -0.1) is 0 Å². The first-order chi connectivity index (χ1) is 12.0. The van der Waals surface area contributed by atoms with E-state index < -0.39 is 5.91 Å². The quantitative estimate of drug-likeness (QED) is 0.791. The van der Waals surface area contributed by atoms with Gasteiger partial charge >= 0.3 is 0 Å². The normalized spacial score (nSPS) is 10.4. The monoisotopic (exact) mass is 340 g/mol. The molecule has 0 spiro atoms. The van der Waals surface area contributed by atoms with Gasteiger partial charge in [0.1, 0.15) is 5.75 Å². The molecule has 0 radical (unpaired) electrons. The van der Waals surface area contributed by atoms with Crippen molar-refractivity contribution in [2.24, 2.45) is 5.92 Å². The predicted molar refractivity (Wildman–Crippen MR) is 97.5 cm³/mol. The number of hydrogen-bond acceptors (Lipinski definition) is 3. The number of nitrogens with one attached hydrogen (secondary N) is 2. The van der Waals surface area contributed by atoms with Gasteiger partial charge in [-0.3, -0.25) is 20.4 Å². The van der Waals surface area contributed by atoms with Crippen LogP contribution in [0.2, 0.25) is 0 Å². The van der Waals surface area contributed by atoms with E-state index in [0.29, 0.717) is 29.4 Å². The summed E-state index contributed by atoms with van der Waals surface area (Å²) in [5.74, 6) is 0.243. The van der Waals surface area contributed by atoms with Crippen LogP contribution in [0.1, 0.15) is 46.5 Å². The standard InChI is InChI=1S/C20H24N2O3/c1-14(2)12-13-25-18-7-5-4-6-17(18)20(24)22-21-19(23)16-10-8-15(3)9-11-16/h4-11,14H,12-13H2,1-3H3,(H,21,23)(H,22,24). The first-order valence-corrected chi connectivity index (χ1v) is 8.36. The first kappa shape index (κ1) is 18.5. The molecule has 0 aliphatic heterocycles. The summed E-state index contributed by atoms with van der Waals surface area (Å²) in [5.41, 5.74) is 6.78. The topological polar surface area (TPSA) is 67.4 Å². The van der Waals surface area contributed by atoms with Crippen LogP contribution in [0.15, 0.2) is 48.5 Å². The Morgan fingerprint density at radius 2 is 1.60 bits per heavy atom. The highest BCUT2D eigenvalue weighted by atomic mass is 16.5.